The number of nitrogens with one attached hydrogen (secondary N) is 4. The Bertz CT molecular complexity index is 1490. The molecule has 2 aromatic carbocycles. The van der Waals surface area contributed by atoms with E-state index in [2.05, 4.69) is 92.1 Å². The number of aromatic nitrogens is 4. The van der Waals surface area contributed by atoms with Crippen molar-refractivity contribution >= 4 is 34.9 Å². The molecule has 2 aliphatic heterocycles. The van der Waals surface area contributed by atoms with Crippen LogP contribution in [-0.2, 0) is 0 Å². The normalized spacial score (nSPS) is 18.5. The highest BCUT2D eigenvalue weighted by atomic mass is 32.1. The first-order chi connectivity index (χ1) is 19.3. The van der Waals surface area contributed by atoms with Crippen molar-refractivity contribution in [1.29, 1.82) is 0 Å². The van der Waals surface area contributed by atoms with Crippen LogP contribution in [0.1, 0.15) is 63.3 Å². The Morgan fingerprint density at radius 2 is 1.26 bits per heavy atom. The molecular weight excluding hydrogens is 523 g/mol. The summed E-state index contributed by atoms with van der Waals surface area (Å²) in [5, 5.41) is 13.8. The number of hydrogen-bond donors (Lipinski definition) is 6. The Balaban J connectivity index is 0.000000738. The minimum Gasteiger partial charge on any atom is -0.341 e. The first-order valence-electron chi connectivity index (χ1n) is 13.8. The second kappa shape index (κ2) is 12.9. The average molecular weight is 560 g/mol. The molecule has 5 aromatic rings. The van der Waals surface area contributed by atoms with Crippen molar-refractivity contribution in [3.05, 3.63) is 72.6 Å². The van der Waals surface area contributed by atoms with Crippen molar-refractivity contribution < 1.29 is 0 Å². The maximum atomic E-state index is 4.70. The lowest BCUT2D eigenvalue weighted by atomic mass is 9.98. The molecule has 0 spiro atoms. The predicted octanol–water partition coefficient (Wildman–Crippen LogP) is 7.01. The molecule has 204 valence electrons. The van der Waals surface area contributed by atoms with Gasteiger partial charge in [0.15, 0.2) is 0 Å². The average Bonchev–Trinajstić information content (AvgIpc) is 3.84. The van der Waals surface area contributed by atoms with E-state index in [1.54, 1.807) is 0 Å². The van der Waals surface area contributed by atoms with Gasteiger partial charge in [-0.15, -0.1) is 24.2 Å². The summed E-state index contributed by atoms with van der Waals surface area (Å²) in [6.07, 6.45) is 8.66. The van der Waals surface area contributed by atoms with Gasteiger partial charge in [-0.05, 0) is 67.2 Å². The maximum Gasteiger partial charge on any atom is 0.123 e. The predicted molar refractivity (Wildman–Crippen MR) is 167 cm³/mol. The minimum atomic E-state index is 0.339. The summed E-state index contributed by atoms with van der Waals surface area (Å²) in [4.78, 5) is 19.0. The van der Waals surface area contributed by atoms with Crippen molar-refractivity contribution in [2.45, 2.75) is 51.6 Å². The van der Waals surface area contributed by atoms with Gasteiger partial charge in [0.2, 0.25) is 0 Å². The summed E-state index contributed by atoms with van der Waals surface area (Å²) in [5.41, 5.74) is 4.63. The molecule has 0 amide bonds. The van der Waals surface area contributed by atoms with Crippen molar-refractivity contribution in [2.75, 3.05) is 13.1 Å². The Morgan fingerprint density at radius 3 is 1.87 bits per heavy atom. The van der Waals surface area contributed by atoms with Crippen LogP contribution in [0.5, 0.6) is 0 Å². The highest BCUT2D eigenvalue weighted by Gasteiger charge is 2.21. The van der Waals surface area contributed by atoms with Gasteiger partial charge in [-0.3, -0.25) is 5.14 Å². The molecule has 0 radical (unpaired) electrons. The van der Waals surface area contributed by atoms with Crippen LogP contribution in [0.2, 0.25) is 0 Å². The molecule has 7 nitrogen and oxygen atoms in total. The molecule has 5 heterocycles. The Morgan fingerprint density at radius 1 is 0.718 bits per heavy atom. The first kappa shape index (κ1) is 27.6. The van der Waals surface area contributed by atoms with Crippen LogP contribution < -0.4 is 15.8 Å². The number of hydrogen-bond acceptors (Lipinski definition) is 7. The van der Waals surface area contributed by atoms with E-state index in [1.807, 2.05) is 37.6 Å². The van der Waals surface area contributed by atoms with Crippen LogP contribution in [0.3, 0.4) is 0 Å². The lowest BCUT2D eigenvalue weighted by Gasteiger charge is -2.09. The smallest absolute Gasteiger partial charge is 0.123 e. The zero-order valence-electron chi connectivity index (χ0n) is 22.5. The molecule has 0 saturated carbocycles. The van der Waals surface area contributed by atoms with Gasteiger partial charge in [0.05, 0.1) is 40.7 Å². The number of rotatable bonds is 5. The van der Waals surface area contributed by atoms with E-state index in [4.69, 9.17) is 4.98 Å². The molecule has 3 aromatic heterocycles. The van der Waals surface area contributed by atoms with Crippen molar-refractivity contribution in [2.24, 2.45) is 5.14 Å². The SMILES string of the molecule is CC.NS.c1cc(-c2ccc(-c3cnc([C@@H]4CCCN4)[nH]3)s2)c2cccc(-c3cnc([C@H]4CCCN4)[nH]3)c2c1. The van der Waals surface area contributed by atoms with Gasteiger partial charge in [-0.25, -0.2) is 9.97 Å². The fourth-order valence-corrected chi connectivity index (χ4v) is 6.52. The van der Waals surface area contributed by atoms with Crippen LogP contribution in [0.15, 0.2) is 60.9 Å². The van der Waals surface area contributed by atoms with Gasteiger partial charge in [0, 0.05) is 10.4 Å². The Hall–Kier alpha value is -2.95. The Kier molecular flexibility index (Phi) is 9.16. The number of fused-ring (bicyclic) bond motifs is 1. The molecule has 2 aliphatic rings. The number of benzene rings is 2. The number of thiophene rings is 1. The molecule has 2 atom stereocenters. The lowest BCUT2D eigenvalue weighted by molar-refractivity contribution is 0.613. The largest absolute Gasteiger partial charge is 0.341 e. The topological polar surface area (TPSA) is 107 Å². The standard InChI is InChI=1S/C28H28N6S.C2H6.H3NS/c1-6-18-17(19(7-1)23-15-31-27(33-23)21-9-3-13-29-21)5-2-8-20(18)25-11-12-26(35-25)24-16-32-28(34-24)22-10-4-14-30-22;2*1-2/h1-2,5-8,11-12,15-16,21-22,29-30H,3-4,9-10,13-14H2,(H,31,33)(H,32,34);1-2H3;2H,1H2/t21-,22+;;/m1../s1. The van der Waals surface area contributed by atoms with Gasteiger partial charge in [0.1, 0.15) is 11.6 Å². The third-order valence-electron chi connectivity index (χ3n) is 7.32. The summed E-state index contributed by atoms with van der Waals surface area (Å²) in [6.45, 7) is 6.14. The molecular formula is C30H37N7S2. The molecule has 0 unspecified atom stereocenters. The van der Waals surface area contributed by atoms with E-state index in [9.17, 15) is 0 Å². The van der Waals surface area contributed by atoms with Gasteiger partial charge in [-0.2, -0.15) is 0 Å². The highest BCUT2D eigenvalue weighted by molar-refractivity contribution is 7.77. The fourth-order valence-electron chi connectivity index (χ4n) is 5.51. The number of nitrogens with two attached hydrogens (primary N) is 1. The minimum absolute atomic E-state index is 0.339. The van der Waals surface area contributed by atoms with Crippen molar-refractivity contribution in [1.82, 2.24) is 30.6 Å². The number of H-pyrrole nitrogens is 2. The van der Waals surface area contributed by atoms with Crippen molar-refractivity contribution in [3.63, 3.8) is 0 Å². The second-order valence-electron chi connectivity index (χ2n) is 9.53. The van der Waals surface area contributed by atoms with Gasteiger partial charge in [0.25, 0.3) is 0 Å². The molecule has 7 rings (SSSR count). The number of imidazole rings is 2. The van der Waals surface area contributed by atoms with E-state index in [-0.39, 0.29) is 0 Å². The van der Waals surface area contributed by atoms with Crippen LogP contribution in [0.25, 0.3) is 43.0 Å². The third-order valence-corrected chi connectivity index (χ3v) is 8.47. The third kappa shape index (κ3) is 5.69. The summed E-state index contributed by atoms with van der Waals surface area (Å²) >= 11 is 4.84. The van der Waals surface area contributed by atoms with E-state index >= 15 is 0 Å². The number of aromatic amines is 2. The second-order valence-corrected chi connectivity index (χ2v) is 10.6. The summed E-state index contributed by atoms with van der Waals surface area (Å²) in [7, 11) is 0. The van der Waals surface area contributed by atoms with E-state index in [0.717, 1.165) is 49.0 Å². The maximum absolute atomic E-state index is 4.70. The van der Waals surface area contributed by atoms with Crippen LogP contribution in [-0.4, -0.2) is 33.0 Å². The molecule has 2 saturated heterocycles. The first-order valence-corrected chi connectivity index (χ1v) is 15.1. The van der Waals surface area contributed by atoms with E-state index in [0.29, 0.717) is 12.1 Å². The van der Waals surface area contributed by atoms with Crippen LogP contribution in [0, 0.1) is 0 Å². The molecule has 9 heteroatoms. The number of nitrogens with zero attached hydrogens (tertiary/aromatic N) is 2. The molecule has 0 aliphatic carbocycles. The Labute approximate surface area is 239 Å². The summed E-state index contributed by atoms with van der Waals surface area (Å²) in [6, 6.07) is 18.3. The quantitative estimate of drug-likeness (QED) is 0.130. The fraction of sp³-hybridized carbons (Fsp3) is 0.333. The van der Waals surface area contributed by atoms with E-state index in [1.165, 1.54) is 44.5 Å². The van der Waals surface area contributed by atoms with E-state index < -0.39 is 0 Å². The zero-order valence-corrected chi connectivity index (χ0v) is 24.2. The zero-order chi connectivity index (χ0) is 27.2. The molecule has 39 heavy (non-hydrogen) atoms. The highest BCUT2D eigenvalue weighted by Crippen LogP contribution is 2.40. The monoisotopic (exact) mass is 559 g/mol. The summed E-state index contributed by atoms with van der Waals surface area (Å²) < 4.78 is 0. The molecule has 6 N–H and O–H groups in total. The van der Waals surface area contributed by atoms with Crippen LogP contribution in [0.4, 0.5) is 0 Å². The van der Waals surface area contributed by atoms with Crippen molar-refractivity contribution in [3.8, 4) is 32.3 Å². The van der Waals surface area contributed by atoms with Gasteiger partial charge >= 0.3 is 0 Å². The lowest BCUT2D eigenvalue weighted by Crippen LogP contribution is -2.14. The molecule has 2 fully saturated rings. The van der Waals surface area contributed by atoms with Gasteiger partial charge in [-0.1, -0.05) is 50.2 Å². The number of thiol groups is 1. The summed E-state index contributed by atoms with van der Waals surface area (Å²) in [5.74, 6) is 2.09. The van der Waals surface area contributed by atoms with Gasteiger partial charge < -0.3 is 20.6 Å². The molecule has 0 bridgehead atoms. The van der Waals surface area contributed by atoms with Crippen LogP contribution >= 0.6 is 24.2 Å².